The van der Waals surface area contributed by atoms with E-state index >= 15 is 0 Å². The van der Waals surface area contributed by atoms with Gasteiger partial charge in [0.05, 0.1) is 12.2 Å². The second-order valence-corrected chi connectivity index (χ2v) is 4.30. The second-order valence-electron chi connectivity index (χ2n) is 4.30. The fourth-order valence-corrected chi connectivity index (χ4v) is 2.30. The molecule has 0 rings (SSSR count). The summed E-state index contributed by atoms with van der Waals surface area (Å²) < 4.78 is 0. The summed E-state index contributed by atoms with van der Waals surface area (Å²) in [5.41, 5.74) is 0. The molecule has 0 aromatic rings. The van der Waals surface area contributed by atoms with Crippen molar-refractivity contribution >= 4 is 0 Å². The molecule has 86 valence electrons. The summed E-state index contributed by atoms with van der Waals surface area (Å²) in [5, 5.41) is 19.2. The van der Waals surface area contributed by atoms with E-state index in [1.54, 1.807) is 0 Å². The van der Waals surface area contributed by atoms with E-state index in [4.69, 9.17) is 0 Å². The van der Waals surface area contributed by atoms with E-state index in [0.29, 0.717) is 11.8 Å². The average molecular weight is 202 g/mol. The molecule has 0 fully saturated rings. The average Bonchev–Trinajstić information content (AvgIpc) is 2.16. The molecule has 2 nitrogen and oxygen atoms in total. The summed E-state index contributed by atoms with van der Waals surface area (Å²) in [4.78, 5) is 0. The molecule has 2 heteroatoms. The zero-order chi connectivity index (χ0) is 11.1. The first-order chi connectivity index (χ1) is 6.56. The Balaban J connectivity index is 4.28. The summed E-state index contributed by atoms with van der Waals surface area (Å²) in [6, 6.07) is 0. The SMILES string of the molecule is CCC(O)C(CC)C(CC)CC(C)O. The van der Waals surface area contributed by atoms with Crippen molar-refractivity contribution in [2.45, 2.75) is 65.6 Å². The Morgan fingerprint density at radius 3 is 1.79 bits per heavy atom. The molecule has 0 bridgehead atoms. The third-order valence-electron chi connectivity index (χ3n) is 3.16. The Hall–Kier alpha value is -0.0800. The van der Waals surface area contributed by atoms with Crippen molar-refractivity contribution in [2.24, 2.45) is 11.8 Å². The standard InChI is InChI=1S/C12H26O2/c1-5-10(8-9(4)13)11(6-2)12(14)7-3/h9-14H,5-8H2,1-4H3. The van der Waals surface area contributed by atoms with Gasteiger partial charge in [0.1, 0.15) is 0 Å². The molecule has 0 radical (unpaired) electrons. The highest BCUT2D eigenvalue weighted by molar-refractivity contribution is 4.75. The minimum atomic E-state index is -0.252. The molecule has 0 aromatic heterocycles. The van der Waals surface area contributed by atoms with Gasteiger partial charge in [-0.15, -0.1) is 0 Å². The van der Waals surface area contributed by atoms with E-state index in [1.165, 1.54) is 0 Å². The first-order valence-electron chi connectivity index (χ1n) is 5.92. The quantitative estimate of drug-likeness (QED) is 0.666. The summed E-state index contributed by atoms with van der Waals surface area (Å²) in [5.74, 6) is 0.801. The minimum Gasteiger partial charge on any atom is -0.393 e. The third kappa shape index (κ3) is 4.43. The fraction of sp³-hybridized carbons (Fsp3) is 1.00. The van der Waals surface area contributed by atoms with Gasteiger partial charge in [0.2, 0.25) is 0 Å². The Labute approximate surface area is 88.3 Å². The number of hydrogen-bond donors (Lipinski definition) is 2. The van der Waals surface area contributed by atoms with Gasteiger partial charge in [0, 0.05) is 0 Å². The van der Waals surface area contributed by atoms with Gasteiger partial charge < -0.3 is 10.2 Å². The topological polar surface area (TPSA) is 40.5 Å². The lowest BCUT2D eigenvalue weighted by atomic mass is 9.80. The Kier molecular flexibility index (Phi) is 7.20. The third-order valence-corrected chi connectivity index (χ3v) is 3.16. The smallest absolute Gasteiger partial charge is 0.0568 e. The van der Waals surface area contributed by atoms with Crippen molar-refractivity contribution in [3.63, 3.8) is 0 Å². The molecular weight excluding hydrogens is 176 g/mol. The molecule has 0 heterocycles. The van der Waals surface area contributed by atoms with E-state index in [0.717, 1.165) is 25.7 Å². The van der Waals surface area contributed by atoms with Crippen LogP contribution in [0.3, 0.4) is 0 Å². The summed E-state index contributed by atoms with van der Waals surface area (Å²) in [6.45, 7) is 8.10. The van der Waals surface area contributed by atoms with Crippen LogP contribution >= 0.6 is 0 Å². The molecule has 4 unspecified atom stereocenters. The van der Waals surface area contributed by atoms with E-state index < -0.39 is 0 Å². The molecule has 14 heavy (non-hydrogen) atoms. The summed E-state index contributed by atoms with van der Waals surface area (Å²) in [6.07, 6.45) is 3.21. The van der Waals surface area contributed by atoms with Gasteiger partial charge in [-0.1, -0.05) is 33.6 Å². The van der Waals surface area contributed by atoms with Crippen molar-refractivity contribution in [2.75, 3.05) is 0 Å². The molecule has 0 aromatic carbocycles. The van der Waals surface area contributed by atoms with Crippen LogP contribution in [0.4, 0.5) is 0 Å². The Bertz CT molecular complexity index is 134. The van der Waals surface area contributed by atoms with Crippen LogP contribution in [-0.4, -0.2) is 22.4 Å². The van der Waals surface area contributed by atoms with Gasteiger partial charge in [0.15, 0.2) is 0 Å². The maximum atomic E-state index is 9.85. The molecule has 0 aliphatic rings. The lowest BCUT2D eigenvalue weighted by Gasteiger charge is -2.29. The van der Waals surface area contributed by atoms with E-state index in [-0.39, 0.29) is 12.2 Å². The van der Waals surface area contributed by atoms with Crippen LogP contribution in [0.1, 0.15) is 53.4 Å². The van der Waals surface area contributed by atoms with Gasteiger partial charge in [-0.05, 0) is 31.6 Å². The largest absolute Gasteiger partial charge is 0.393 e. The van der Waals surface area contributed by atoms with E-state index in [9.17, 15) is 10.2 Å². The Morgan fingerprint density at radius 1 is 0.929 bits per heavy atom. The number of rotatable bonds is 7. The van der Waals surface area contributed by atoms with Crippen LogP contribution in [0.25, 0.3) is 0 Å². The number of hydrogen-bond acceptors (Lipinski definition) is 2. The van der Waals surface area contributed by atoms with Crippen LogP contribution in [0, 0.1) is 11.8 Å². The molecule has 0 aliphatic carbocycles. The fourth-order valence-electron chi connectivity index (χ4n) is 2.30. The highest BCUT2D eigenvalue weighted by Crippen LogP contribution is 2.28. The first-order valence-corrected chi connectivity index (χ1v) is 5.92. The second kappa shape index (κ2) is 7.24. The van der Waals surface area contributed by atoms with E-state index in [1.807, 2.05) is 13.8 Å². The highest BCUT2D eigenvalue weighted by Gasteiger charge is 2.25. The first kappa shape index (κ1) is 13.9. The number of aliphatic hydroxyl groups is 2. The van der Waals surface area contributed by atoms with Crippen molar-refractivity contribution in [1.82, 2.24) is 0 Å². The number of aliphatic hydroxyl groups excluding tert-OH is 2. The van der Waals surface area contributed by atoms with Crippen molar-refractivity contribution < 1.29 is 10.2 Å². The van der Waals surface area contributed by atoms with Gasteiger partial charge in [-0.2, -0.15) is 0 Å². The predicted octanol–water partition coefficient (Wildman–Crippen LogP) is 2.58. The van der Waals surface area contributed by atoms with Gasteiger partial charge >= 0.3 is 0 Å². The maximum Gasteiger partial charge on any atom is 0.0568 e. The molecule has 2 N–H and O–H groups in total. The molecule has 0 saturated heterocycles. The summed E-state index contributed by atoms with van der Waals surface area (Å²) >= 11 is 0. The van der Waals surface area contributed by atoms with Gasteiger partial charge in [0.25, 0.3) is 0 Å². The van der Waals surface area contributed by atoms with Crippen LogP contribution in [0.5, 0.6) is 0 Å². The monoisotopic (exact) mass is 202 g/mol. The molecule has 0 aliphatic heterocycles. The highest BCUT2D eigenvalue weighted by atomic mass is 16.3. The normalized spacial score (nSPS) is 20.1. The zero-order valence-electron chi connectivity index (χ0n) is 10.0. The maximum absolute atomic E-state index is 9.85. The van der Waals surface area contributed by atoms with Crippen LogP contribution in [-0.2, 0) is 0 Å². The van der Waals surface area contributed by atoms with Crippen molar-refractivity contribution in [3.8, 4) is 0 Å². The van der Waals surface area contributed by atoms with Gasteiger partial charge in [-0.25, -0.2) is 0 Å². The summed E-state index contributed by atoms with van der Waals surface area (Å²) in [7, 11) is 0. The predicted molar refractivity (Wildman–Crippen MR) is 60.2 cm³/mol. The van der Waals surface area contributed by atoms with Crippen LogP contribution < -0.4 is 0 Å². The molecule has 4 atom stereocenters. The lowest BCUT2D eigenvalue weighted by molar-refractivity contribution is 0.0437. The van der Waals surface area contributed by atoms with Crippen LogP contribution in [0.15, 0.2) is 0 Å². The molecule has 0 saturated carbocycles. The van der Waals surface area contributed by atoms with E-state index in [2.05, 4.69) is 13.8 Å². The van der Waals surface area contributed by atoms with Gasteiger partial charge in [-0.3, -0.25) is 0 Å². The lowest BCUT2D eigenvalue weighted by Crippen LogP contribution is -2.28. The Morgan fingerprint density at radius 2 is 1.50 bits per heavy atom. The zero-order valence-corrected chi connectivity index (χ0v) is 10.0. The minimum absolute atomic E-state index is 0.205. The molecule has 0 amide bonds. The van der Waals surface area contributed by atoms with Crippen LogP contribution in [0.2, 0.25) is 0 Å². The molecule has 0 spiro atoms. The molecular formula is C12H26O2. The van der Waals surface area contributed by atoms with Crippen molar-refractivity contribution in [3.05, 3.63) is 0 Å². The van der Waals surface area contributed by atoms with Crippen molar-refractivity contribution in [1.29, 1.82) is 0 Å².